The molecule has 0 saturated carbocycles. The molecule has 4 nitrogen and oxygen atoms in total. The van der Waals surface area contributed by atoms with Gasteiger partial charge in [-0.05, 0) is 18.2 Å². The minimum absolute atomic E-state index is 0.109. The van der Waals surface area contributed by atoms with Crippen LogP contribution in [0.15, 0.2) is 49.2 Å². The quantitative estimate of drug-likeness (QED) is 0.447. The van der Waals surface area contributed by atoms with Crippen LogP contribution in [0.5, 0.6) is 0 Å². The Hall–Kier alpha value is -2.36. The Morgan fingerprint density at radius 2 is 2.19 bits per heavy atom. The third-order valence-electron chi connectivity index (χ3n) is 2.30. The van der Waals surface area contributed by atoms with E-state index in [0.29, 0.717) is 0 Å². The molecule has 1 heterocycles. The van der Waals surface area contributed by atoms with Gasteiger partial charge in [-0.3, -0.25) is 10.1 Å². The minimum Gasteiger partial charge on any atom is -0.323 e. The summed E-state index contributed by atoms with van der Waals surface area (Å²) in [5.41, 5.74) is 1.04. The van der Waals surface area contributed by atoms with Gasteiger partial charge in [0.15, 0.2) is 0 Å². The number of rotatable bonds is 3. The SMILES string of the molecule is C=C/C=C/n1ccc2cc([N+](=O)[O-])ccc21. The molecule has 2 rings (SSSR count). The summed E-state index contributed by atoms with van der Waals surface area (Å²) in [4.78, 5) is 10.2. The van der Waals surface area contributed by atoms with Crippen molar-refractivity contribution < 1.29 is 4.92 Å². The fourth-order valence-corrected chi connectivity index (χ4v) is 1.55. The molecule has 0 aliphatic rings. The molecule has 16 heavy (non-hydrogen) atoms. The molecule has 0 unspecified atom stereocenters. The Bertz CT molecular complexity index is 582. The van der Waals surface area contributed by atoms with Gasteiger partial charge in [0.1, 0.15) is 0 Å². The predicted molar refractivity (Wildman–Crippen MR) is 64.1 cm³/mol. The summed E-state index contributed by atoms with van der Waals surface area (Å²) < 4.78 is 1.89. The lowest BCUT2D eigenvalue weighted by molar-refractivity contribution is -0.384. The number of hydrogen-bond donors (Lipinski definition) is 0. The van der Waals surface area contributed by atoms with Crippen LogP contribution in [0.2, 0.25) is 0 Å². The second-order valence-electron chi connectivity index (χ2n) is 3.30. The van der Waals surface area contributed by atoms with Crippen molar-refractivity contribution in [1.82, 2.24) is 4.57 Å². The summed E-state index contributed by atoms with van der Waals surface area (Å²) in [6, 6.07) is 6.64. The number of aromatic nitrogens is 1. The highest BCUT2D eigenvalue weighted by Crippen LogP contribution is 2.21. The van der Waals surface area contributed by atoms with Gasteiger partial charge in [-0.2, -0.15) is 0 Å². The molecule has 2 aromatic rings. The Labute approximate surface area is 92.3 Å². The van der Waals surface area contributed by atoms with E-state index in [-0.39, 0.29) is 5.69 Å². The zero-order valence-electron chi connectivity index (χ0n) is 8.54. The van der Waals surface area contributed by atoms with Crippen LogP contribution in [0, 0.1) is 10.1 Å². The van der Waals surface area contributed by atoms with Crippen molar-refractivity contribution in [2.75, 3.05) is 0 Å². The first-order valence-electron chi connectivity index (χ1n) is 4.76. The van der Waals surface area contributed by atoms with Crippen LogP contribution in [-0.2, 0) is 0 Å². The van der Waals surface area contributed by atoms with Gasteiger partial charge in [0, 0.05) is 29.9 Å². The molecule has 0 aliphatic heterocycles. The molecule has 0 bridgehead atoms. The smallest absolute Gasteiger partial charge is 0.270 e. The zero-order valence-corrected chi connectivity index (χ0v) is 8.54. The number of hydrogen-bond acceptors (Lipinski definition) is 2. The highest BCUT2D eigenvalue weighted by Gasteiger charge is 2.07. The van der Waals surface area contributed by atoms with Crippen LogP contribution in [0.4, 0.5) is 5.69 Å². The van der Waals surface area contributed by atoms with Gasteiger partial charge in [0.05, 0.1) is 10.4 Å². The van der Waals surface area contributed by atoms with E-state index in [1.165, 1.54) is 6.07 Å². The first-order chi connectivity index (χ1) is 7.72. The highest BCUT2D eigenvalue weighted by atomic mass is 16.6. The summed E-state index contributed by atoms with van der Waals surface area (Å²) in [5.74, 6) is 0. The predicted octanol–water partition coefficient (Wildman–Crippen LogP) is 3.21. The van der Waals surface area contributed by atoms with Gasteiger partial charge in [-0.25, -0.2) is 0 Å². The topological polar surface area (TPSA) is 48.1 Å². The number of nitro groups is 1. The van der Waals surface area contributed by atoms with Crippen molar-refractivity contribution in [3.63, 3.8) is 0 Å². The maximum Gasteiger partial charge on any atom is 0.270 e. The van der Waals surface area contributed by atoms with Crippen LogP contribution in [0.1, 0.15) is 0 Å². The van der Waals surface area contributed by atoms with E-state index in [9.17, 15) is 10.1 Å². The highest BCUT2D eigenvalue weighted by molar-refractivity contribution is 5.84. The van der Waals surface area contributed by atoms with Gasteiger partial charge in [0.2, 0.25) is 0 Å². The molecule has 0 atom stereocenters. The minimum atomic E-state index is -0.393. The van der Waals surface area contributed by atoms with Crippen LogP contribution >= 0.6 is 0 Å². The van der Waals surface area contributed by atoms with Gasteiger partial charge in [-0.15, -0.1) is 0 Å². The summed E-state index contributed by atoms with van der Waals surface area (Å²) in [6.07, 6.45) is 7.19. The van der Waals surface area contributed by atoms with E-state index < -0.39 is 4.92 Å². The van der Waals surface area contributed by atoms with Crippen molar-refractivity contribution in [2.45, 2.75) is 0 Å². The number of benzene rings is 1. The first kappa shape index (κ1) is 10.2. The second-order valence-corrected chi connectivity index (χ2v) is 3.30. The average Bonchev–Trinajstić information content (AvgIpc) is 2.68. The van der Waals surface area contributed by atoms with E-state index in [1.807, 2.05) is 23.0 Å². The molecule has 0 amide bonds. The molecule has 1 aromatic carbocycles. The lowest BCUT2D eigenvalue weighted by atomic mass is 10.2. The summed E-state index contributed by atoms with van der Waals surface area (Å²) >= 11 is 0. The van der Waals surface area contributed by atoms with Gasteiger partial charge in [-0.1, -0.05) is 12.7 Å². The molecule has 0 N–H and O–H groups in total. The molecule has 0 fully saturated rings. The fourth-order valence-electron chi connectivity index (χ4n) is 1.55. The molecule has 0 saturated heterocycles. The summed E-state index contributed by atoms with van der Waals surface area (Å²) in [5, 5.41) is 11.4. The second kappa shape index (κ2) is 4.02. The lowest BCUT2D eigenvalue weighted by Crippen LogP contribution is -1.87. The van der Waals surface area contributed by atoms with E-state index >= 15 is 0 Å². The van der Waals surface area contributed by atoms with Crippen molar-refractivity contribution in [1.29, 1.82) is 0 Å². The summed E-state index contributed by atoms with van der Waals surface area (Å²) in [6.45, 7) is 3.59. The average molecular weight is 214 g/mol. The lowest BCUT2D eigenvalue weighted by Gasteiger charge is -1.97. The standard InChI is InChI=1S/C12H10N2O2/c1-2-3-7-13-8-6-10-9-11(14(15)16)4-5-12(10)13/h2-9H,1H2/b7-3+. The molecule has 1 aromatic heterocycles. The van der Waals surface area contributed by atoms with Crippen molar-refractivity contribution in [3.8, 4) is 0 Å². The number of nitro benzene ring substituents is 1. The molecular weight excluding hydrogens is 204 g/mol. The van der Waals surface area contributed by atoms with Crippen LogP contribution in [0.3, 0.4) is 0 Å². The van der Waals surface area contributed by atoms with Crippen molar-refractivity contribution in [3.05, 3.63) is 59.3 Å². The van der Waals surface area contributed by atoms with E-state index in [4.69, 9.17) is 0 Å². The number of fused-ring (bicyclic) bond motifs is 1. The van der Waals surface area contributed by atoms with Crippen molar-refractivity contribution >= 4 is 22.8 Å². The van der Waals surface area contributed by atoms with E-state index in [1.54, 1.807) is 24.3 Å². The van der Waals surface area contributed by atoms with Gasteiger partial charge >= 0.3 is 0 Å². The van der Waals surface area contributed by atoms with E-state index in [2.05, 4.69) is 6.58 Å². The Morgan fingerprint density at radius 1 is 1.38 bits per heavy atom. The zero-order chi connectivity index (χ0) is 11.5. The molecule has 80 valence electrons. The van der Waals surface area contributed by atoms with Gasteiger partial charge in [0.25, 0.3) is 5.69 Å². The Kier molecular flexibility index (Phi) is 2.55. The molecule has 0 spiro atoms. The van der Waals surface area contributed by atoms with Crippen LogP contribution in [0.25, 0.3) is 17.1 Å². The molecular formula is C12H10N2O2. The number of nitrogens with zero attached hydrogens (tertiary/aromatic N) is 2. The molecule has 4 heteroatoms. The Balaban J connectivity index is 2.54. The number of allylic oxidation sites excluding steroid dienone is 2. The largest absolute Gasteiger partial charge is 0.323 e. The normalized spacial score (nSPS) is 11.0. The molecule has 0 aliphatic carbocycles. The Morgan fingerprint density at radius 3 is 2.88 bits per heavy atom. The van der Waals surface area contributed by atoms with E-state index in [0.717, 1.165) is 10.9 Å². The maximum atomic E-state index is 10.6. The number of non-ortho nitro benzene ring substituents is 1. The van der Waals surface area contributed by atoms with Crippen LogP contribution < -0.4 is 0 Å². The molecule has 0 radical (unpaired) electrons. The summed E-state index contributed by atoms with van der Waals surface area (Å²) in [7, 11) is 0. The van der Waals surface area contributed by atoms with Crippen LogP contribution in [-0.4, -0.2) is 9.49 Å². The monoisotopic (exact) mass is 214 g/mol. The maximum absolute atomic E-state index is 10.6. The fraction of sp³-hybridized carbons (Fsp3) is 0. The first-order valence-corrected chi connectivity index (χ1v) is 4.76. The third-order valence-corrected chi connectivity index (χ3v) is 2.30. The van der Waals surface area contributed by atoms with Crippen molar-refractivity contribution in [2.24, 2.45) is 0 Å². The van der Waals surface area contributed by atoms with Gasteiger partial charge < -0.3 is 4.57 Å². The third kappa shape index (κ3) is 1.72.